The molecule has 0 aliphatic carbocycles. The van der Waals surface area contributed by atoms with Crippen molar-refractivity contribution in [2.75, 3.05) is 0 Å². The fourth-order valence-corrected chi connectivity index (χ4v) is 2.21. The van der Waals surface area contributed by atoms with Gasteiger partial charge in [-0.05, 0) is 24.8 Å². The van der Waals surface area contributed by atoms with Crippen molar-refractivity contribution in [2.24, 2.45) is 0 Å². The van der Waals surface area contributed by atoms with Gasteiger partial charge in [0.25, 0.3) is 0 Å². The molecule has 0 aliphatic heterocycles. The van der Waals surface area contributed by atoms with Crippen molar-refractivity contribution < 1.29 is 5.11 Å². The molecular weight excluding hydrogens is 234 g/mol. The van der Waals surface area contributed by atoms with Gasteiger partial charge in [-0.2, -0.15) is 0 Å². The van der Waals surface area contributed by atoms with E-state index in [-0.39, 0.29) is 12.1 Å². The van der Waals surface area contributed by atoms with Gasteiger partial charge in [-0.3, -0.25) is 0 Å². The Labute approximate surface area is 117 Å². The number of aliphatic hydroxyl groups excluding tert-OH is 1. The van der Waals surface area contributed by atoms with Gasteiger partial charge in [0.1, 0.15) is 0 Å². The molecule has 1 aromatic carbocycles. The molecule has 2 heteroatoms. The van der Waals surface area contributed by atoms with E-state index in [0.29, 0.717) is 12.5 Å². The van der Waals surface area contributed by atoms with Gasteiger partial charge in [-0.15, -0.1) is 0 Å². The van der Waals surface area contributed by atoms with Crippen molar-refractivity contribution >= 4 is 0 Å². The average molecular weight is 261 g/mol. The minimum atomic E-state index is -0.261. The second kappa shape index (κ2) is 8.13. The summed E-state index contributed by atoms with van der Waals surface area (Å²) in [5, 5.41) is 13.3. The Morgan fingerprint density at radius 1 is 1.21 bits per heavy atom. The third-order valence-corrected chi connectivity index (χ3v) is 3.22. The van der Waals surface area contributed by atoms with Gasteiger partial charge in [0.05, 0.1) is 6.10 Å². The molecule has 2 N–H and O–H groups in total. The van der Waals surface area contributed by atoms with Crippen LogP contribution in [0.3, 0.4) is 0 Å². The monoisotopic (exact) mass is 261 g/mol. The third kappa shape index (κ3) is 6.04. The summed E-state index contributed by atoms with van der Waals surface area (Å²) in [7, 11) is 0. The van der Waals surface area contributed by atoms with E-state index in [1.807, 2.05) is 13.0 Å². The fourth-order valence-electron chi connectivity index (χ4n) is 2.21. The van der Waals surface area contributed by atoms with Crippen LogP contribution in [0.15, 0.2) is 42.5 Å². The molecule has 0 heterocycles. The highest BCUT2D eigenvalue weighted by Crippen LogP contribution is 2.23. The molecule has 0 fully saturated rings. The number of nitrogens with one attached hydrogen (secondary N) is 1. The van der Waals surface area contributed by atoms with Crippen molar-refractivity contribution in [3.8, 4) is 0 Å². The molecule has 1 aromatic rings. The van der Waals surface area contributed by atoms with Crippen LogP contribution in [0.2, 0.25) is 0 Å². The Morgan fingerprint density at radius 3 is 2.37 bits per heavy atom. The van der Waals surface area contributed by atoms with Gasteiger partial charge >= 0.3 is 0 Å². The van der Waals surface area contributed by atoms with Crippen molar-refractivity contribution in [1.29, 1.82) is 0 Å². The zero-order chi connectivity index (χ0) is 14.3. The summed E-state index contributed by atoms with van der Waals surface area (Å²) < 4.78 is 0. The van der Waals surface area contributed by atoms with E-state index >= 15 is 0 Å². The minimum Gasteiger partial charge on any atom is -0.393 e. The lowest BCUT2D eigenvalue weighted by atomic mass is 9.95. The van der Waals surface area contributed by atoms with Crippen LogP contribution in [0.1, 0.15) is 51.6 Å². The van der Waals surface area contributed by atoms with E-state index in [0.717, 1.165) is 18.4 Å². The molecule has 0 bridgehead atoms. The SMILES string of the molecule is C=C(CC(O)CC)CC(NC(C)C)c1ccccc1. The maximum atomic E-state index is 9.71. The molecule has 0 radical (unpaired) electrons. The summed E-state index contributed by atoms with van der Waals surface area (Å²) >= 11 is 0. The summed E-state index contributed by atoms with van der Waals surface area (Å²) in [5.41, 5.74) is 2.39. The van der Waals surface area contributed by atoms with Gasteiger partial charge in [0, 0.05) is 12.1 Å². The summed E-state index contributed by atoms with van der Waals surface area (Å²) in [6.45, 7) is 10.4. The summed E-state index contributed by atoms with van der Waals surface area (Å²) in [6.07, 6.45) is 2.09. The molecule has 0 spiro atoms. The Morgan fingerprint density at radius 2 is 1.84 bits per heavy atom. The first-order valence-electron chi connectivity index (χ1n) is 7.18. The summed E-state index contributed by atoms with van der Waals surface area (Å²) in [6, 6.07) is 11.1. The van der Waals surface area contributed by atoms with Gasteiger partial charge < -0.3 is 10.4 Å². The highest BCUT2D eigenvalue weighted by atomic mass is 16.3. The number of benzene rings is 1. The Bertz CT molecular complexity index is 372. The first kappa shape index (κ1) is 15.9. The molecule has 0 aliphatic rings. The zero-order valence-corrected chi connectivity index (χ0v) is 12.4. The molecule has 106 valence electrons. The van der Waals surface area contributed by atoms with Crippen molar-refractivity contribution in [3.63, 3.8) is 0 Å². The fraction of sp³-hybridized carbons (Fsp3) is 0.529. The van der Waals surface area contributed by atoms with E-state index in [4.69, 9.17) is 0 Å². The highest BCUT2D eigenvalue weighted by molar-refractivity contribution is 5.21. The van der Waals surface area contributed by atoms with Crippen LogP contribution in [-0.4, -0.2) is 17.3 Å². The molecule has 2 nitrogen and oxygen atoms in total. The largest absolute Gasteiger partial charge is 0.393 e. The second-order valence-corrected chi connectivity index (χ2v) is 5.50. The predicted molar refractivity (Wildman–Crippen MR) is 82.1 cm³/mol. The van der Waals surface area contributed by atoms with Gasteiger partial charge in [-0.1, -0.05) is 63.3 Å². The Hall–Kier alpha value is -1.12. The highest BCUT2D eigenvalue weighted by Gasteiger charge is 2.15. The first-order chi connectivity index (χ1) is 9.02. The normalized spacial score (nSPS) is 14.4. The number of aliphatic hydroxyl groups is 1. The number of hydrogen-bond acceptors (Lipinski definition) is 2. The van der Waals surface area contributed by atoms with Crippen LogP contribution in [0.4, 0.5) is 0 Å². The maximum Gasteiger partial charge on any atom is 0.0574 e. The molecule has 0 saturated heterocycles. The number of rotatable bonds is 8. The van der Waals surface area contributed by atoms with E-state index < -0.39 is 0 Å². The molecular formula is C17H27NO. The molecule has 2 atom stereocenters. The Kier molecular flexibility index (Phi) is 6.82. The Balaban J connectivity index is 2.68. The molecule has 1 rings (SSSR count). The lowest BCUT2D eigenvalue weighted by Crippen LogP contribution is -2.28. The quantitative estimate of drug-likeness (QED) is 0.697. The molecule has 19 heavy (non-hydrogen) atoms. The molecule has 0 saturated carbocycles. The summed E-state index contributed by atoms with van der Waals surface area (Å²) in [5.74, 6) is 0. The van der Waals surface area contributed by atoms with Crippen LogP contribution < -0.4 is 5.32 Å². The van der Waals surface area contributed by atoms with E-state index in [9.17, 15) is 5.11 Å². The van der Waals surface area contributed by atoms with Crippen LogP contribution in [-0.2, 0) is 0 Å². The van der Waals surface area contributed by atoms with Crippen LogP contribution in [0.5, 0.6) is 0 Å². The summed E-state index contributed by atoms with van der Waals surface area (Å²) in [4.78, 5) is 0. The van der Waals surface area contributed by atoms with Crippen LogP contribution in [0, 0.1) is 0 Å². The van der Waals surface area contributed by atoms with E-state index in [2.05, 4.69) is 50.0 Å². The lowest BCUT2D eigenvalue weighted by Gasteiger charge is -2.23. The van der Waals surface area contributed by atoms with Crippen molar-refractivity contribution in [2.45, 2.75) is 58.2 Å². The van der Waals surface area contributed by atoms with E-state index in [1.165, 1.54) is 5.56 Å². The minimum absolute atomic E-state index is 0.261. The molecule has 0 aromatic heterocycles. The van der Waals surface area contributed by atoms with Gasteiger partial charge in [0.15, 0.2) is 0 Å². The third-order valence-electron chi connectivity index (χ3n) is 3.22. The lowest BCUT2D eigenvalue weighted by molar-refractivity contribution is 0.169. The second-order valence-electron chi connectivity index (χ2n) is 5.50. The smallest absolute Gasteiger partial charge is 0.0574 e. The van der Waals surface area contributed by atoms with Gasteiger partial charge in [-0.25, -0.2) is 0 Å². The topological polar surface area (TPSA) is 32.3 Å². The van der Waals surface area contributed by atoms with Crippen LogP contribution in [0.25, 0.3) is 0 Å². The molecule has 2 unspecified atom stereocenters. The average Bonchev–Trinajstić information content (AvgIpc) is 2.38. The van der Waals surface area contributed by atoms with Crippen molar-refractivity contribution in [3.05, 3.63) is 48.0 Å². The standard InChI is InChI=1S/C17H27NO/c1-5-16(19)11-14(4)12-17(18-13(2)3)15-9-7-6-8-10-15/h6-10,13,16-19H,4-5,11-12H2,1-3H3. The maximum absolute atomic E-state index is 9.71. The zero-order valence-electron chi connectivity index (χ0n) is 12.4. The van der Waals surface area contributed by atoms with Gasteiger partial charge in [0.2, 0.25) is 0 Å². The predicted octanol–water partition coefficient (Wildman–Crippen LogP) is 3.83. The van der Waals surface area contributed by atoms with Crippen LogP contribution >= 0.6 is 0 Å². The van der Waals surface area contributed by atoms with Crippen molar-refractivity contribution in [1.82, 2.24) is 5.32 Å². The molecule has 0 amide bonds. The van der Waals surface area contributed by atoms with E-state index in [1.54, 1.807) is 0 Å². The first-order valence-corrected chi connectivity index (χ1v) is 7.18. The number of hydrogen-bond donors (Lipinski definition) is 2.